The first-order valence-corrected chi connectivity index (χ1v) is 7.98. The number of carbonyl (C=O) groups is 3. The number of methoxy groups -OCH3 is 1. The SMILES string of the molecule is COCC(=O)NCCNC(=O)C1CC(=O)N(c2ccc(Cl)cc2)C1. The number of hydrogen-bond donors (Lipinski definition) is 2. The maximum Gasteiger partial charge on any atom is 0.246 e. The summed E-state index contributed by atoms with van der Waals surface area (Å²) in [5, 5.41) is 5.93. The molecule has 2 rings (SSSR count). The molecular formula is C16H20ClN3O4. The largest absolute Gasteiger partial charge is 0.375 e. The number of benzene rings is 1. The van der Waals surface area contributed by atoms with Crippen LogP contribution in [0.25, 0.3) is 0 Å². The minimum atomic E-state index is -0.400. The lowest BCUT2D eigenvalue weighted by atomic mass is 10.1. The van der Waals surface area contributed by atoms with E-state index in [1.54, 1.807) is 29.2 Å². The third-order valence-corrected chi connectivity index (χ3v) is 3.91. The maximum absolute atomic E-state index is 12.1. The van der Waals surface area contributed by atoms with Crippen molar-refractivity contribution in [1.82, 2.24) is 10.6 Å². The molecule has 1 aromatic rings. The Morgan fingerprint density at radius 2 is 1.92 bits per heavy atom. The molecule has 1 aromatic carbocycles. The molecule has 0 bridgehead atoms. The van der Waals surface area contributed by atoms with Crippen molar-refractivity contribution in [3.63, 3.8) is 0 Å². The molecule has 0 aliphatic carbocycles. The molecule has 2 N–H and O–H groups in total. The van der Waals surface area contributed by atoms with E-state index >= 15 is 0 Å². The molecule has 0 radical (unpaired) electrons. The summed E-state index contributed by atoms with van der Waals surface area (Å²) in [6.07, 6.45) is 0.171. The van der Waals surface area contributed by atoms with Gasteiger partial charge in [-0.15, -0.1) is 0 Å². The van der Waals surface area contributed by atoms with Gasteiger partial charge in [0, 0.05) is 43.9 Å². The standard InChI is InChI=1S/C16H20ClN3O4/c1-24-10-14(21)18-6-7-19-16(23)11-8-15(22)20(9-11)13-4-2-12(17)3-5-13/h2-5,11H,6-10H2,1H3,(H,18,21)(H,19,23). The summed E-state index contributed by atoms with van der Waals surface area (Å²) in [5.74, 6) is -0.925. The van der Waals surface area contributed by atoms with Crippen molar-refractivity contribution in [3.05, 3.63) is 29.3 Å². The minimum Gasteiger partial charge on any atom is -0.375 e. The quantitative estimate of drug-likeness (QED) is 0.702. The van der Waals surface area contributed by atoms with E-state index in [0.29, 0.717) is 24.7 Å². The molecule has 0 saturated carbocycles. The van der Waals surface area contributed by atoms with E-state index in [9.17, 15) is 14.4 Å². The number of halogens is 1. The van der Waals surface area contributed by atoms with Gasteiger partial charge in [0.15, 0.2) is 0 Å². The van der Waals surface area contributed by atoms with Gasteiger partial charge in [-0.3, -0.25) is 14.4 Å². The van der Waals surface area contributed by atoms with Crippen molar-refractivity contribution in [3.8, 4) is 0 Å². The highest BCUT2D eigenvalue weighted by atomic mass is 35.5. The molecule has 3 amide bonds. The number of nitrogens with one attached hydrogen (secondary N) is 2. The molecule has 1 aliphatic rings. The van der Waals surface area contributed by atoms with Gasteiger partial charge in [0.25, 0.3) is 0 Å². The summed E-state index contributed by atoms with van der Waals surface area (Å²) in [6.45, 7) is 0.943. The molecule has 0 spiro atoms. The fraction of sp³-hybridized carbons (Fsp3) is 0.438. The van der Waals surface area contributed by atoms with Crippen LogP contribution in [0.5, 0.6) is 0 Å². The van der Waals surface area contributed by atoms with Gasteiger partial charge in [0.05, 0.1) is 5.92 Å². The number of amides is 3. The van der Waals surface area contributed by atoms with Gasteiger partial charge in [-0.25, -0.2) is 0 Å². The average Bonchev–Trinajstić information content (AvgIpc) is 2.94. The Morgan fingerprint density at radius 1 is 1.25 bits per heavy atom. The predicted molar refractivity (Wildman–Crippen MR) is 89.8 cm³/mol. The second-order valence-electron chi connectivity index (χ2n) is 5.46. The van der Waals surface area contributed by atoms with E-state index in [2.05, 4.69) is 15.4 Å². The Hall–Kier alpha value is -2.12. The van der Waals surface area contributed by atoms with Gasteiger partial charge in [0.2, 0.25) is 17.7 Å². The predicted octanol–water partition coefficient (Wildman–Crippen LogP) is 0.572. The van der Waals surface area contributed by atoms with Crippen molar-refractivity contribution >= 4 is 35.0 Å². The number of nitrogens with zero attached hydrogens (tertiary/aromatic N) is 1. The molecule has 1 aliphatic heterocycles. The van der Waals surface area contributed by atoms with Crippen molar-refractivity contribution in [2.45, 2.75) is 6.42 Å². The summed E-state index contributed by atoms with van der Waals surface area (Å²) < 4.78 is 4.69. The van der Waals surface area contributed by atoms with Crippen molar-refractivity contribution < 1.29 is 19.1 Å². The van der Waals surface area contributed by atoms with E-state index in [0.717, 1.165) is 5.69 Å². The molecule has 1 fully saturated rings. The van der Waals surface area contributed by atoms with Gasteiger partial charge in [-0.1, -0.05) is 11.6 Å². The van der Waals surface area contributed by atoms with Crippen LogP contribution < -0.4 is 15.5 Å². The second-order valence-corrected chi connectivity index (χ2v) is 5.89. The highest BCUT2D eigenvalue weighted by Gasteiger charge is 2.34. The lowest BCUT2D eigenvalue weighted by molar-refractivity contribution is -0.127. The fourth-order valence-electron chi connectivity index (χ4n) is 2.47. The zero-order valence-corrected chi connectivity index (χ0v) is 14.1. The average molecular weight is 354 g/mol. The van der Waals surface area contributed by atoms with E-state index in [1.807, 2.05) is 0 Å². The second kappa shape index (κ2) is 8.65. The Labute approximate surface area is 145 Å². The molecule has 130 valence electrons. The molecule has 1 unspecified atom stereocenters. The Morgan fingerprint density at radius 3 is 2.58 bits per heavy atom. The van der Waals surface area contributed by atoms with Crippen LogP contribution in [0.3, 0.4) is 0 Å². The topological polar surface area (TPSA) is 87.7 Å². The summed E-state index contributed by atoms with van der Waals surface area (Å²) in [7, 11) is 1.44. The van der Waals surface area contributed by atoms with Crippen molar-refractivity contribution in [2.75, 3.05) is 38.3 Å². The summed E-state index contributed by atoms with van der Waals surface area (Å²) >= 11 is 5.84. The summed E-state index contributed by atoms with van der Waals surface area (Å²) in [5.41, 5.74) is 0.728. The first kappa shape index (κ1) is 18.2. The first-order valence-electron chi connectivity index (χ1n) is 7.60. The van der Waals surface area contributed by atoms with Gasteiger partial charge in [-0.05, 0) is 24.3 Å². The van der Waals surface area contributed by atoms with Crippen molar-refractivity contribution in [1.29, 1.82) is 0 Å². The van der Waals surface area contributed by atoms with Crippen LogP contribution in [-0.4, -0.2) is 51.1 Å². The van der Waals surface area contributed by atoms with Gasteiger partial charge < -0.3 is 20.3 Å². The Kier molecular flexibility index (Phi) is 6.57. The smallest absolute Gasteiger partial charge is 0.246 e. The van der Waals surface area contributed by atoms with Crippen LogP contribution in [0.4, 0.5) is 5.69 Å². The van der Waals surface area contributed by atoms with E-state index in [-0.39, 0.29) is 30.7 Å². The van der Waals surface area contributed by atoms with Crippen LogP contribution in [0.1, 0.15) is 6.42 Å². The molecule has 24 heavy (non-hydrogen) atoms. The van der Waals surface area contributed by atoms with Crippen molar-refractivity contribution in [2.24, 2.45) is 5.92 Å². The molecule has 0 aromatic heterocycles. The lowest BCUT2D eigenvalue weighted by Gasteiger charge is -2.16. The molecule has 1 atom stereocenters. The minimum absolute atomic E-state index is 0.0128. The number of anilines is 1. The van der Waals surface area contributed by atoms with Gasteiger partial charge >= 0.3 is 0 Å². The zero-order valence-electron chi connectivity index (χ0n) is 13.4. The zero-order chi connectivity index (χ0) is 17.5. The van der Waals surface area contributed by atoms with Crippen LogP contribution in [0, 0.1) is 5.92 Å². The normalized spacial score (nSPS) is 17.0. The first-order chi connectivity index (χ1) is 11.5. The monoisotopic (exact) mass is 353 g/mol. The summed E-state index contributed by atoms with van der Waals surface area (Å²) in [4.78, 5) is 37.0. The van der Waals surface area contributed by atoms with Gasteiger partial charge in [0.1, 0.15) is 6.61 Å². The summed E-state index contributed by atoms with van der Waals surface area (Å²) in [6, 6.07) is 6.93. The Bertz CT molecular complexity index is 606. The van der Waals surface area contributed by atoms with E-state index < -0.39 is 5.92 Å². The molecule has 1 heterocycles. The number of rotatable bonds is 7. The highest BCUT2D eigenvalue weighted by molar-refractivity contribution is 6.30. The van der Waals surface area contributed by atoms with E-state index in [1.165, 1.54) is 7.11 Å². The number of carbonyl (C=O) groups excluding carboxylic acids is 3. The van der Waals surface area contributed by atoms with Crippen LogP contribution >= 0.6 is 11.6 Å². The third kappa shape index (κ3) is 4.94. The number of ether oxygens (including phenoxy) is 1. The molecule has 8 heteroatoms. The maximum atomic E-state index is 12.1. The molecule has 1 saturated heterocycles. The third-order valence-electron chi connectivity index (χ3n) is 3.66. The lowest BCUT2D eigenvalue weighted by Crippen LogP contribution is -2.39. The highest BCUT2D eigenvalue weighted by Crippen LogP contribution is 2.26. The fourth-order valence-corrected chi connectivity index (χ4v) is 2.59. The van der Waals surface area contributed by atoms with Gasteiger partial charge in [-0.2, -0.15) is 0 Å². The van der Waals surface area contributed by atoms with Crippen LogP contribution in [0.15, 0.2) is 24.3 Å². The van der Waals surface area contributed by atoms with Crippen LogP contribution in [-0.2, 0) is 19.1 Å². The molecule has 7 nitrogen and oxygen atoms in total. The van der Waals surface area contributed by atoms with E-state index in [4.69, 9.17) is 11.6 Å². The molecular weight excluding hydrogens is 334 g/mol. The van der Waals surface area contributed by atoms with Crippen LogP contribution in [0.2, 0.25) is 5.02 Å². The Balaban J connectivity index is 1.79. The number of hydrogen-bond acceptors (Lipinski definition) is 4.